The molecular formula is C46H57N8O7P. The van der Waals surface area contributed by atoms with Crippen molar-refractivity contribution in [1.82, 2.24) is 29.1 Å². The third-order valence-corrected chi connectivity index (χ3v) is 13.2. The van der Waals surface area contributed by atoms with Gasteiger partial charge in [0.2, 0.25) is 0 Å². The summed E-state index contributed by atoms with van der Waals surface area (Å²) in [5.74, 6) is 2.78. The van der Waals surface area contributed by atoms with Crippen LogP contribution in [0.4, 0.5) is 5.82 Å². The second kappa shape index (κ2) is 20.9. The molecule has 16 heteroatoms. The molecule has 0 bridgehead atoms. The highest BCUT2D eigenvalue weighted by atomic mass is 31.2. The number of aromatic nitrogens is 4. The van der Waals surface area contributed by atoms with Gasteiger partial charge in [0, 0.05) is 31.6 Å². The van der Waals surface area contributed by atoms with Gasteiger partial charge in [0.15, 0.2) is 17.0 Å². The minimum absolute atomic E-state index is 0.0982. The fourth-order valence-electron chi connectivity index (χ4n) is 8.07. The molecule has 2 fully saturated rings. The molecule has 0 N–H and O–H groups in total. The first-order valence-corrected chi connectivity index (χ1v) is 22.2. The fraction of sp³-hybridized carbons (Fsp3) is 0.457. The van der Waals surface area contributed by atoms with Crippen molar-refractivity contribution in [2.45, 2.75) is 83.6 Å². The number of amidine groups is 1. The monoisotopic (exact) mass is 864 g/mol. The maximum Gasteiger partial charge on any atom is 0.259 e. The molecule has 2 aliphatic rings. The summed E-state index contributed by atoms with van der Waals surface area (Å²) in [6, 6.07) is 28.5. The summed E-state index contributed by atoms with van der Waals surface area (Å²) in [6.07, 6.45) is 2.28. The summed E-state index contributed by atoms with van der Waals surface area (Å²) in [5, 5.41) is 9.45. The van der Waals surface area contributed by atoms with Crippen molar-refractivity contribution in [2.75, 3.05) is 53.7 Å². The first kappa shape index (κ1) is 45.0. The minimum Gasteiger partial charge on any atom is -0.497 e. The molecule has 15 nitrogen and oxygen atoms in total. The second-order valence-electron chi connectivity index (χ2n) is 15.7. The highest BCUT2D eigenvalue weighted by Crippen LogP contribution is 2.51. The number of benzene rings is 3. The number of hydrogen-bond donors (Lipinski definition) is 0. The van der Waals surface area contributed by atoms with Gasteiger partial charge in [-0.3, -0.25) is 4.57 Å². The standard InChI is InChI=1S/C46H57N8O7P/c1-32(2)54(33(3)4)62(59-25-11-22-47)61-40-28-42(53-31-50-43-44(48-30-49-45(43)53)51-34(5)52-23-26-57-27-24-52)60-41(40)29-58-46(35-12-9-8-10-13-35,36-14-18-38(55-6)19-15-36)37-16-20-39(56-7)21-17-37/h8-10,12-21,30-33,40-42H,11,23-29H2,1-7H3. The summed E-state index contributed by atoms with van der Waals surface area (Å²) in [7, 11) is 1.68. The highest BCUT2D eigenvalue weighted by Gasteiger charge is 2.45. The molecule has 0 amide bonds. The number of aliphatic imine (C=N–C) groups is 1. The maximum absolute atomic E-state index is 9.45. The molecule has 5 aromatic rings. The van der Waals surface area contributed by atoms with E-state index >= 15 is 0 Å². The minimum atomic E-state index is -1.63. The van der Waals surface area contributed by atoms with Crippen LogP contribution in [0.5, 0.6) is 11.5 Å². The zero-order valence-electron chi connectivity index (χ0n) is 36.6. The lowest BCUT2D eigenvalue weighted by Gasteiger charge is -2.39. The van der Waals surface area contributed by atoms with Gasteiger partial charge in [0.25, 0.3) is 8.53 Å². The Balaban J connectivity index is 1.29. The molecule has 0 saturated carbocycles. The topological polar surface area (TPSA) is 151 Å². The number of ether oxygens (including phenoxy) is 5. The summed E-state index contributed by atoms with van der Waals surface area (Å²) in [4.78, 5) is 21.1. The van der Waals surface area contributed by atoms with E-state index < -0.39 is 32.6 Å². The van der Waals surface area contributed by atoms with Crippen molar-refractivity contribution in [1.29, 1.82) is 5.26 Å². The van der Waals surface area contributed by atoms with E-state index in [9.17, 15) is 5.26 Å². The normalized spacial score (nSPS) is 19.1. The van der Waals surface area contributed by atoms with Crippen LogP contribution >= 0.6 is 8.53 Å². The molecule has 2 aliphatic heterocycles. The Labute approximate surface area is 365 Å². The molecule has 3 aromatic carbocycles. The number of rotatable bonds is 18. The van der Waals surface area contributed by atoms with Crippen LogP contribution in [0.25, 0.3) is 11.2 Å². The van der Waals surface area contributed by atoms with E-state index in [0.29, 0.717) is 36.6 Å². The summed E-state index contributed by atoms with van der Waals surface area (Å²) >= 11 is 0. The Bertz CT molecular complexity index is 2210. The van der Waals surface area contributed by atoms with Crippen molar-refractivity contribution in [3.8, 4) is 17.6 Å². The Hall–Kier alpha value is -5.04. The third kappa shape index (κ3) is 9.93. The molecule has 7 rings (SSSR count). The Morgan fingerprint density at radius 1 is 0.903 bits per heavy atom. The Morgan fingerprint density at radius 2 is 1.53 bits per heavy atom. The molecule has 0 radical (unpaired) electrons. The molecule has 4 heterocycles. The van der Waals surface area contributed by atoms with Crippen molar-refractivity contribution in [3.05, 3.63) is 108 Å². The number of hydrogen-bond acceptors (Lipinski definition) is 13. The average Bonchev–Trinajstić information content (AvgIpc) is 3.92. The van der Waals surface area contributed by atoms with Crippen LogP contribution in [0, 0.1) is 11.3 Å². The SMILES string of the molecule is COc1ccc(C(OCC2OC(n3cnc4c(N=C(C)N5CCOCC5)ncnc43)CC2OP(OCCC#N)N(C(C)C)C(C)C)(c2ccccc2)c2ccc(OC)cc2)cc1. The number of morpholine rings is 1. The maximum atomic E-state index is 9.45. The van der Waals surface area contributed by atoms with Gasteiger partial charge >= 0.3 is 0 Å². The predicted octanol–water partition coefficient (Wildman–Crippen LogP) is 8.18. The van der Waals surface area contributed by atoms with Crippen LogP contribution in [-0.4, -0.2) is 113 Å². The van der Waals surface area contributed by atoms with E-state index in [1.807, 2.05) is 78.2 Å². The lowest BCUT2D eigenvalue weighted by Crippen LogP contribution is -2.39. The van der Waals surface area contributed by atoms with Crippen LogP contribution in [0.3, 0.4) is 0 Å². The number of nitrogens with zero attached hydrogens (tertiary/aromatic N) is 8. The van der Waals surface area contributed by atoms with Crippen molar-refractivity contribution in [2.24, 2.45) is 4.99 Å². The fourth-order valence-corrected chi connectivity index (χ4v) is 9.83. The van der Waals surface area contributed by atoms with Gasteiger partial charge in [0.1, 0.15) is 41.6 Å². The quantitative estimate of drug-likeness (QED) is 0.0274. The average molecular weight is 865 g/mol. The molecule has 0 aliphatic carbocycles. The molecule has 0 spiro atoms. The van der Waals surface area contributed by atoms with E-state index in [4.69, 9.17) is 42.7 Å². The zero-order valence-corrected chi connectivity index (χ0v) is 37.5. The van der Waals surface area contributed by atoms with E-state index in [1.165, 1.54) is 6.33 Å². The number of fused-ring (bicyclic) bond motifs is 1. The van der Waals surface area contributed by atoms with Crippen LogP contribution in [-0.2, 0) is 28.9 Å². The van der Waals surface area contributed by atoms with Crippen molar-refractivity contribution in [3.63, 3.8) is 0 Å². The van der Waals surface area contributed by atoms with Gasteiger partial charge in [-0.05, 0) is 75.6 Å². The van der Waals surface area contributed by atoms with Crippen LogP contribution in [0.2, 0.25) is 0 Å². The van der Waals surface area contributed by atoms with E-state index in [0.717, 1.165) is 47.1 Å². The van der Waals surface area contributed by atoms with Crippen LogP contribution < -0.4 is 9.47 Å². The molecule has 2 aromatic heterocycles. The first-order valence-electron chi connectivity index (χ1n) is 21.1. The van der Waals surface area contributed by atoms with Gasteiger partial charge < -0.3 is 37.6 Å². The lowest BCUT2D eigenvalue weighted by molar-refractivity contribution is -0.0912. The van der Waals surface area contributed by atoms with Crippen LogP contribution in [0.15, 0.2) is 96.5 Å². The zero-order chi connectivity index (χ0) is 43.6. The summed E-state index contributed by atoms with van der Waals surface area (Å²) in [5.41, 5.74) is 2.78. The van der Waals surface area contributed by atoms with Crippen molar-refractivity contribution < 1.29 is 32.7 Å². The largest absolute Gasteiger partial charge is 0.497 e. The number of methoxy groups -OCH3 is 2. The predicted molar refractivity (Wildman–Crippen MR) is 237 cm³/mol. The molecule has 4 unspecified atom stereocenters. The first-order chi connectivity index (χ1) is 30.2. The number of nitriles is 1. The third-order valence-electron chi connectivity index (χ3n) is 11.1. The Kier molecular flexibility index (Phi) is 15.2. The molecular weight excluding hydrogens is 808 g/mol. The molecule has 328 valence electrons. The highest BCUT2D eigenvalue weighted by molar-refractivity contribution is 7.44. The van der Waals surface area contributed by atoms with E-state index in [1.54, 1.807) is 20.5 Å². The van der Waals surface area contributed by atoms with Gasteiger partial charge in [-0.15, -0.1) is 0 Å². The second-order valence-corrected chi connectivity index (χ2v) is 17.1. The van der Waals surface area contributed by atoms with Gasteiger partial charge in [-0.25, -0.2) is 24.6 Å². The number of imidazole rings is 1. The smallest absolute Gasteiger partial charge is 0.259 e. The molecule has 2 saturated heterocycles. The lowest BCUT2D eigenvalue weighted by atomic mass is 9.80. The van der Waals surface area contributed by atoms with Crippen molar-refractivity contribution >= 4 is 31.3 Å². The summed E-state index contributed by atoms with van der Waals surface area (Å²) in [6.45, 7) is 13.6. The molecule has 62 heavy (non-hydrogen) atoms. The molecule has 4 atom stereocenters. The van der Waals surface area contributed by atoms with E-state index in [2.05, 4.69) is 65.4 Å². The summed E-state index contributed by atoms with van der Waals surface area (Å²) < 4.78 is 48.8. The van der Waals surface area contributed by atoms with Crippen LogP contribution in [0.1, 0.15) is 70.4 Å². The van der Waals surface area contributed by atoms with Gasteiger partial charge in [-0.1, -0.05) is 54.6 Å². The van der Waals surface area contributed by atoms with Gasteiger partial charge in [-0.2, -0.15) is 5.26 Å². The Morgan fingerprint density at radius 3 is 2.13 bits per heavy atom. The van der Waals surface area contributed by atoms with E-state index in [-0.39, 0.29) is 31.7 Å². The van der Waals surface area contributed by atoms with Gasteiger partial charge in [0.05, 0.1) is 65.6 Å².